The zero-order valence-electron chi connectivity index (χ0n) is 14.5. The predicted molar refractivity (Wildman–Crippen MR) is 110 cm³/mol. The van der Waals surface area contributed by atoms with Gasteiger partial charge in [0.1, 0.15) is 10.8 Å². The van der Waals surface area contributed by atoms with Crippen LogP contribution in [0.2, 0.25) is 0 Å². The summed E-state index contributed by atoms with van der Waals surface area (Å²) in [6, 6.07) is 10.1. The van der Waals surface area contributed by atoms with Crippen molar-refractivity contribution in [1.82, 2.24) is 10.2 Å². The Balaban J connectivity index is 1.73. The highest BCUT2D eigenvalue weighted by molar-refractivity contribution is 9.10. The van der Waals surface area contributed by atoms with Gasteiger partial charge in [0.2, 0.25) is 5.13 Å². The molecule has 2 aromatic carbocycles. The minimum Gasteiger partial charge on any atom is -0.507 e. The highest BCUT2D eigenvalue weighted by Gasteiger charge is 2.17. The van der Waals surface area contributed by atoms with E-state index < -0.39 is 15.9 Å². The van der Waals surface area contributed by atoms with Gasteiger partial charge in [-0.2, -0.15) is 0 Å². The van der Waals surface area contributed by atoms with Crippen molar-refractivity contribution in [2.75, 3.05) is 10.0 Å². The molecule has 0 unspecified atom stereocenters. The number of sulfonamides is 1. The summed E-state index contributed by atoms with van der Waals surface area (Å²) in [6.45, 7) is 1.90. The monoisotopic (exact) mass is 482 g/mol. The molecule has 11 heteroatoms. The average Bonchev–Trinajstić information content (AvgIpc) is 3.11. The van der Waals surface area contributed by atoms with Gasteiger partial charge in [0.15, 0.2) is 0 Å². The van der Waals surface area contributed by atoms with Gasteiger partial charge in [0.25, 0.3) is 15.9 Å². The third kappa shape index (κ3) is 4.66. The first-order valence-corrected chi connectivity index (χ1v) is 11.1. The number of nitrogens with zero attached hydrogens (tertiary/aromatic N) is 2. The van der Waals surface area contributed by atoms with E-state index in [1.54, 1.807) is 6.07 Å². The summed E-state index contributed by atoms with van der Waals surface area (Å²) in [7, 11) is -3.82. The normalized spacial score (nSPS) is 11.2. The van der Waals surface area contributed by atoms with E-state index in [0.717, 1.165) is 5.01 Å². The number of aromatic hydroxyl groups is 1. The van der Waals surface area contributed by atoms with Crippen LogP contribution in [0.15, 0.2) is 51.8 Å². The molecular weight excluding hydrogens is 468 g/mol. The molecule has 146 valence electrons. The number of carbonyl (C=O) groups is 1. The number of nitrogens with one attached hydrogen (secondary N) is 2. The first kappa shape index (κ1) is 20.2. The zero-order valence-corrected chi connectivity index (χ0v) is 17.7. The first-order chi connectivity index (χ1) is 13.3. The molecule has 0 aliphatic rings. The van der Waals surface area contributed by atoms with Gasteiger partial charge < -0.3 is 10.4 Å². The molecule has 3 aromatic rings. The molecule has 0 radical (unpaired) electrons. The quantitative estimate of drug-likeness (QED) is 0.493. The van der Waals surface area contributed by atoms with Crippen LogP contribution >= 0.6 is 27.3 Å². The Bertz CT molecular complexity index is 1110. The highest BCUT2D eigenvalue weighted by atomic mass is 79.9. The van der Waals surface area contributed by atoms with Crippen molar-refractivity contribution in [1.29, 1.82) is 0 Å². The maximum absolute atomic E-state index is 12.4. The summed E-state index contributed by atoms with van der Waals surface area (Å²) in [5.74, 6) is -0.680. The molecule has 0 aliphatic carbocycles. The maximum Gasteiger partial charge on any atom is 0.263 e. The second-order valence-electron chi connectivity index (χ2n) is 5.60. The Labute approximate surface area is 173 Å². The van der Waals surface area contributed by atoms with E-state index in [1.807, 2.05) is 6.92 Å². The number of carbonyl (C=O) groups excluding carboxylic acids is 1. The number of rotatable bonds is 6. The lowest BCUT2D eigenvalue weighted by Crippen LogP contribution is -2.14. The van der Waals surface area contributed by atoms with Crippen LogP contribution in [0.1, 0.15) is 22.3 Å². The van der Waals surface area contributed by atoms with Crippen molar-refractivity contribution in [2.24, 2.45) is 0 Å². The smallest absolute Gasteiger partial charge is 0.263 e. The van der Waals surface area contributed by atoms with E-state index in [9.17, 15) is 18.3 Å². The largest absolute Gasteiger partial charge is 0.507 e. The lowest BCUT2D eigenvalue weighted by atomic mass is 10.2. The second-order valence-corrected chi connectivity index (χ2v) is 9.26. The van der Waals surface area contributed by atoms with E-state index in [4.69, 9.17) is 0 Å². The van der Waals surface area contributed by atoms with Crippen molar-refractivity contribution in [3.63, 3.8) is 0 Å². The van der Waals surface area contributed by atoms with Gasteiger partial charge in [-0.05, 0) is 48.9 Å². The standard InChI is InChI=1S/C17H15BrN4O4S2/c1-2-15-20-21-17(27-15)22-28(25,26)12-6-4-11(5-7-12)19-16(24)13-9-10(18)3-8-14(13)23/h3-9,23H,2H2,1H3,(H,19,24)(H,21,22). The van der Waals surface area contributed by atoms with Crippen molar-refractivity contribution < 1.29 is 18.3 Å². The molecule has 0 fully saturated rings. The zero-order chi connectivity index (χ0) is 20.3. The molecule has 1 heterocycles. The number of aromatic nitrogens is 2. The van der Waals surface area contributed by atoms with Gasteiger partial charge in [-0.3, -0.25) is 9.52 Å². The molecule has 0 spiro atoms. The Morgan fingerprint density at radius 2 is 1.89 bits per heavy atom. The molecule has 0 saturated carbocycles. The molecular formula is C17H15BrN4O4S2. The van der Waals surface area contributed by atoms with Gasteiger partial charge in [0.05, 0.1) is 10.5 Å². The number of benzene rings is 2. The second kappa shape index (κ2) is 8.25. The van der Waals surface area contributed by atoms with Gasteiger partial charge in [-0.15, -0.1) is 10.2 Å². The topological polar surface area (TPSA) is 121 Å². The van der Waals surface area contributed by atoms with Crippen molar-refractivity contribution >= 4 is 54.0 Å². The Hall–Kier alpha value is -2.50. The first-order valence-electron chi connectivity index (χ1n) is 8.03. The molecule has 1 amide bonds. The minimum absolute atomic E-state index is 0.0176. The van der Waals surface area contributed by atoms with E-state index in [1.165, 1.54) is 47.7 Å². The molecule has 28 heavy (non-hydrogen) atoms. The fraction of sp³-hybridized carbons (Fsp3) is 0.118. The van der Waals surface area contributed by atoms with Crippen LogP contribution in [0.5, 0.6) is 5.75 Å². The fourth-order valence-corrected chi connectivity index (χ4v) is 4.49. The third-order valence-corrected chi connectivity index (χ3v) is 6.58. The van der Waals surface area contributed by atoms with Gasteiger partial charge in [-0.1, -0.05) is 34.2 Å². The Kier molecular flexibility index (Phi) is 5.96. The van der Waals surface area contributed by atoms with Crippen LogP contribution in [-0.2, 0) is 16.4 Å². The molecule has 1 aromatic heterocycles. The number of amides is 1. The van der Waals surface area contributed by atoms with Crippen LogP contribution in [0.25, 0.3) is 0 Å². The van der Waals surface area contributed by atoms with Crippen LogP contribution in [0.3, 0.4) is 0 Å². The van der Waals surface area contributed by atoms with Crippen LogP contribution in [0, 0.1) is 0 Å². The van der Waals surface area contributed by atoms with Gasteiger partial charge in [0, 0.05) is 10.2 Å². The number of aryl methyl sites for hydroxylation is 1. The van der Waals surface area contributed by atoms with Crippen LogP contribution < -0.4 is 10.0 Å². The van der Waals surface area contributed by atoms with Crippen molar-refractivity contribution in [2.45, 2.75) is 18.2 Å². The van der Waals surface area contributed by atoms with Crippen molar-refractivity contribution in [3.8, 4) is 5.75 Å². The van der Waals surface area contributed by atoms with Gasteiger partial charge in [-0.25, -0.2) is 8.42 Å². The molecule has 3 rings (SSSR count). The minimum atomic E-state index is -3.82. The number of hydrogen-bond donors (Lipinski definition) is 3. The van der Waals surface area contributed by atoms with E-state index in [-0.39, 0.29) is 21.3 Å². The summed E-state index contributed by atoms with van der Waals surface area (Å²) >= 11 is 4.41. The SMILES string of the molecule is CCc1nnc(NS(=O)(=O)c2ccc(NC(=O)c3cc(Br)ccc3O)cc2)s1. The fourth-order valence-electron chi connectivity index (χ4n) is 2.22. The number of hydrogen-bond acceptors (Lipinski definition) is 7. The number of halogens is 1. The Morgan fingerprint density at radius 3 is 2.54 bits per heavy atom. The summed E-state index contributed by atoms with van der Waals surface area (Å²) in [5, 5.41) is 21.0. The summed E-state index contributed by atoms with van der Waals surface area (Å²) < 4.78 is 27.9. The maximum atomic E-state index is 12.4. The molecule has 0 aliphatic heterocycles. The molecule has 0 atom stereocenters. The Morgan fingerprint density at radius 1 is 1.18 bits per heavy atom. The van der Waals surface area contributed by atoms with E-state index >= 15 is 0 Å². The molecule has 8 nitrogen and oxygen atoms in total. The molecule has 0 saturated heterocycles. The summed E-state index contributed by atoms with van der Waals surface area (Å²) in [5.41, 5.74) is 0.475. The van der Waals surface area contributed by atoms with E-state index in [0.29, 0.717) is 16.6 Å². The number of anilines is 2. The van der Waals surface area contributed by atoms with E-state index in [2.05, 4.69) is 36.2 Å². The lowest BCUT2D eigenvalue weighted by molar-refractivity contribution is 0.102. The molecule has 0 bridgehead atoms. The predicted octanol–water partition coefficient (Wildman–Crippen LogP) is 3.62. The lowest BCUT2D eigenvalue weighted by Gasteiger charge is -2.09. The van der Waals surface area contributed by atoms with Crippen molar-refractivity contribution in [3.05, 3.63) is 57.5 Å². The third-order valence-electron chi connectivity index (χ3n) is 3.62. The summed E-state index contributed by atoms with van der Waals surface area (Å²) in [4.78, 5) is 12.3. The van der Waals surface area contributed by atoms with Crippen LogP contribution in [0.4, 0.5) is 10.8 Å². The number of phenolic OH excluding ortho intramolecular Hbond substituents is 1. The summed E-state index contributed by atoms with van der Waals surface area (Å²) in [6.07, 6.45) is 0.668. The number of phenols is 1. The molecule has 3 N–H and O–H groups in total. The average molecular weight is 483 g/mol. The van der Waals surface area contributed by atoms with Gasteiger partial charge >= 0.3 is 0 Å². The highest BCUT2D eigenvalue weighted by Crippen LogP contribution is 2.24. The van der Waals surface area contributed by atoms with Crippen LogP contribution in [-0.4, -0.2) is 29.6 Å².